The summed E-state index contributed by atoms with van der Waals surface area (Å²) in [4.78, 5) is 2.25. The molecule has 0 radical (unpaired) electrons. The molecule has 0 amide bonds. The van der Waals surface area contributed by atoms with Gasteiger partial charge in [-0.1, -0.05) is 34.1 Å². The molecule has 0 spiro atoms. The quantitative estimate of drug-likeness (QED) is 0.634. The van der Waals surface area contributed by atoms with Gasteiger partial charge in [-0.2, -0.15) is 5.10 Å². The van der Waals surface area contributed by atoms with Crippen molar-refractivity contribution in [2.45, 2.75) is 13.1 Å². The van der Waals surface area contributed by atoms with Gasteiger partial charge in [-0.3, -0.25) is 4.90 Å². The van der Waals surface area contributed by atoms with Gasteiger partial charge in [-0.15, -0.1) is 0 Å². The van der Waals surface area contributed by atoms with E-state index in [9.17, 15) is 0 Å². The minimum atomic E-state index is 0.805. The van der Waals surface area contributed by atoms with E-state index in [1.807, 2.05) is 53.3 Å². The van der Waals surface area contributed by atoms with Gasteiger partial charge in [-0.05, 0) is 37.4 Å². The number of hydrogen-bond acceptors (Lipinski definition) is 3. The number of nitrogens with zero attached hydrogens (tertiary/aromatic N) is 3. The Bertz CT molecular complexity index is 801. The Balaban J connectivity index is 1.69. The topological polar surface area (TPSA) is 30.3 Å². The molecule has 24 heavy (non-hydrogen) atoms. The first-order valence-corrected chi connectivity index (χ1v) is 8.55. The predicted molar refractivity (Wildman–Crippen MR) is 99.4 cm³/mol. The van der Waals surface area contributed by atoms with Crippen LogP contribution in [-0.4, -0.2) is 28.8 Å². The highest BCUT2D eigenvalue weighted by Crippen LogP contribution is 2.24. The van der Waals surface area contributed by atoms with Crippen LogP contribution in [0.5, 0.6) is 5.75 Å². The molecule has 0 aliphatic rings. The monoisotopic (exact) mass is 385 g/mol. The van der Waals surface area contributed by atoms with E-state index < -0.39 is 0 Å². The van der Waals surface area contributed by atoms with Crippen LogP contribution in [-0.2, 0) is 13.1 Å². The zero-order valence-corrected chi connectivity index (χ0v) is 15.4. The van der Waals surface area contributed by atoms with Crippen molar-refractivity contribution in [3.8, 4) is 11.4 Å². The lowest BCUT2D eigenvalue weighted by Crippen LogP contribution is -2.17. The number of halogens is 1. The maximum absolute atomic E-state index is 5.45. The molecule has 0 aliphatic heterocycles. The molecule has 0 saturated carbocycles. The fourth-order valence-corrected chi connectivity index (χ4v) is 3.10. The normalized spacial score (nSPS) is 11.0. The average molecular weight is 386 g/mol. The van der Waals surface area contributed by atoms with Gasteiger partial charge in [0.1, 0.15) is 5.75 Å². The Morgan fingerprint density at radius 3 is 2.67 bits per heavy atom. The zero-order valence-electron chi connectivity index (χ0n) is 13.8. The molecule has 0 unspecified atom stereocenters. The molecule has 0 N–H and O–H groups in total. The van der Waals surface area contributed by atoms with Gasteiger partial charge in [0.15, 0.2) is 0 Å². The van der Waals surface area contributed by atoms with E-state index in [0.717, 1.165) is 34.6 Å². The van der Waals surface area contributed by atoms with Crippen molar-refractivity contribution in [3.05, 3.63) is 76.5 Å². The van der Waals surface area contributed by atoms with Crippen LogP contribution < -0.4 is 4.74 Å². The van der Waals surface area contributed by atoms with Crippen LogP contribution in [0.25, 0.3) is 5.69 Å². The van der Waals surface area contributed by atoms with Crippen molar-refractivity contribution in [1.29, 1.82) is 0 Å². The highest BCUT2D eigenvalue weighted by atomic mass is 79.9. The lowest BCUT2D eigenvalue weighted by atomic mass is 10.2. The van der Waals surface area contributed by atoms with E-state index in [4.69, 9.17) is 4.74 Å². The Morgan fingerprint density at radius 1 is 1.12 bits per heavy atom. The minimum absolute atomic E-state index is 0.805. The molecule has 3 rings (SSSR count). The van der Waals surface area contributed by atoms with Crippen LogP contribution >= 0.6 is 15.9 Å². The maximum atomic E-state index is 5.45. The zero-order chi connectivity index (χ0) is 16.9. The SMILES string of the molecule is COc1ccc(Br)cc1CN(C)Cc1cnn(-c2ccccc2)c1. The molecule has 0 atom stereocenters. The van der Waals surface area contributed by atoms with Crippen LogP contribution in [0.2, 0.25) is 0 Å². The summed E-state index contributed by atoms with van der Waals surface area (Å²) in [5, 5.41) is 4.45. The van der Waals surface area contributed by atoms with Gasteiger partial charge < -0.3 is 4.74 Å². The molecule has 1 aromatic heterocycles. The highest BCUT2D eigenvalue weighted by Gasteiger charge is 2.09. The fourth-order valence-electron chi connectivity index (χ4n) is 2.69. The number of rotatable bonds is 6. The van der Waals surface area contributed by atoms with Crippen molar-refractivity contribution in [2.75, 3.05) is 14.2 Å². The second-order valence-electron chi connectivity index (χ2n) is 5.76. The van der Waals surface area contributed by atoms with Crippen LogP contribution in [0.1, 0.15) is 11.1 Å². The number of ether oxygens (including phenoxy) is 1. The van der Waals surface area contributed by atoms with Crippen LogP contribution in [0.4, 0.5) is 0 Å². The smallest absolute Gasteiger partial charge is 0.123 e. The molecular formula is C19H20BrN3O. The molecule has 124 valence electrons. The number of hydrogen-bond donors (Lipinski definition) is 0. The standard InChI is InChI=1S/C19H20BrN3O/c1-22(14-16-10-17(20)8-9-19(16)24-2)12-15-11-21-23(13-15)18-6-4-3-5-7-18/h3-11,13H,12,14H2,1-2H3. The van der Waals surface area contributed by atoms with Crippen molar-refractivity contribution in [2.24, 2.45) is 0 Å². The summed E-state index contributed by atoms with van der Waals surface area (Å²) in [5.41, 5.74) is 3.40. The van der Waals surface area contributed by atoms with Gasteiger partial charge in [0.05, 0.1) is 19.0 Å². The summed E-state index contributed by atoms with van der Waals surface area (Å²) in [7, 11) is 3.80. The average Bonchev–Trinajstić information content (AvgIpc) is 3.04. The number of benzene rings is 2. The maximum Gasteiger partial charge on any atom is 0.123 e. The molecular weight excluding hydrogens is 366 g/mol. The van der Waals surface area contributed by atoms with Gasteiger partial charge in [0.25, 0.3) is 0 Å². The van der Waals surface area contributed by atoms with Crippen molar-refractivity contribution in [1.82, 2.24) is 14.7 Å². The Labute approximate surface area is 150 Å². The molecule has 0 bridgehead atoms. The first kappa shape index (κ1) is 16.7. The third-order valence-corrected chi connectivity index (χ3v) is 4.29. The third-order valence-electron chi connectivity index (χ3n) is 3.79. The summed E-state index contributed by atoms with van der Waals surface area (Å²) in [6.07, 6.45) is 3.99. The molecule has 0 fully saturated rings. The van der Waals surface area contributed by atoms with Crippen molar-refractivity contribution >= 4 is 15.9 Å². The van der Waals surface area contributed by atoms with E-state index in [0.29, 0.717) is 0 Å². The summed E-state index contributed by atoms with van der Waals surface area (Å²) in [5.74, 6) is 0.907. The largest absolute Gasteiger partial charge is 0.496 e. The van der Waals surface area contributed by atoms with Crippen LogP contribution in [0, 0.1) is 0 Å². The van der Waals surface area contributed by atoms with Crippen LogP contribution in [0.3, 0.4) is 0 Å². The van der Waals surface area contributed by atoms with E-state index in [1.165, 1.54) is 5.56 Å². The Kier molecular flexibility index (Phi) is 5.33. The molecule has 2 aromatic carbocycles. The van der Waals surface area contributed by atoms with Crippen LogP contribution in [0.15, 0.2) is 65.4 Å². The predicted octanol–water partition coefficient (Wildman–Crippen LogP) is 4.28. The Morgan fingerprint density at radius 2 is 1.92 bits per heavy atom. The van der Waals surface area contributed by atoms with Gasteiger partial charge in [0.2, 0.25) is 0 Å². The minimum Gasteiger partial charge on any atom is -0.496 e. The molecule has 3 aromatic rings. The fraction of sp³-hybridized carbons (Fsp3) is 0.211. The molecule has 4 nitrogen and oxygen atoms in total. The summed E-state index contributed by atoms with van der Waals surface area (Å²) in [6.45, 7) is 1.63. The van der Waals surface area contributed by atoms with E-state index >= 15 is 0 Å². The Hall–Kier alpha value is -2.11. The first-order chi connectivity index (χ1) is 11.7. The van der Waals surface area contributed by atoms with Gasteiger partial charge in [-0.25, -0.2) is 4.68 Å². The second kappa shape index (κ2) is 7.64. The van der Waals surface area contributed by atoms with E-state index in [-0.39, 0.29) is 0 Å². The third kappa shape index (κ3) is 4.04. The molecule has 1 heterocycles. The molecule has 5 heteroatoms. The number of methoxy groups -OCH3 is 1. The number of para-hydroxylation sites is 1. The van der Waals surface area contributed by atoms with Crippen molar-refractivity contribution < 1.29 is 4.74 Å². The molecule has 0 aliphatic carbocycles. The van der Waals surface area contributed by atoms with Gasteiger partial charge in [0, 0.05) is 34.9 Å². The van der Waals surface area contributed by atoms with E-state index in [1.54, 1.807) is 7.11 Å². The summed E-state index contributed by atoms with van der Waals surface area (Å²) < 4.78 is 8.41. The number of aromatic nitrogens is 2. The van der Waals surface area contributed by atoms with Gasteiger partial charge >= 0.3 is 0 Å². The first-order valence-electron chi connectivity index (χ1n) is 7.75. The summed E-state index contributed by atoms with van der Waals surface area (Å²) in [6, 6.07) is 16.2. The lowest BCUT2D eigenvalue weighted by molar-refractivity contribution is 0.310. The summed E-state index contributed by atoms with van der Waals surface area (Å²) >= 11 is 3.52. The molecule has 0 saturated heterocycles. The van der Waals surface area contributed by atoms with Crippen molar-refractivity contribution in [3.63, 3.8) is 0 Å². The lowest BCUT2D eigenvalue weighted by Gasteiger charge is -2.18. The van der Waals surface area contributed by atoms with E-state index in [2.05, 4.69) is 45.2 Å². The highest BCUT2D eigenvalue weighted by molar-refractivity contribution is 9.10. The second-order valence-corrected chi connectivity index (χ2v) is 6.67.